The highest BCUT2D eigenvalue weighted by Crippen LogP contribution is 1.97. The van der Waals surface area contributed by atoms with Crippen LogP contribution in [-0.2, 0) is 3.07 Å². The number of hydrogen-bond acceptors (Lipinski definition) is 3. The maximum absolute atomic E-state index is 10.8. The van der Waals surface area contributed by atoms with E-state index in [1.807, 2.05) is 0 Å². The quantitative estimate of drug-likeness (QED) is 0.539. The van der Waals surface area contributed by atoms with E-state index in [0.717, 1.165) is 0 Å². The van der Waals surface area contributed by atoms with Gasteiger partial charge in [-0.1, -0.05) is 18.2 Å². The van der Waals surface area contributed by atoms with E-state index >= 15 is 0 Å². The van der Waals surface area contributed by atoms with E-state index in [-0.39, 0.29) is 0 Å². The topological polar surface area (TPSA) is 49.4 Å². The van der Waals surface area contributed by atoms with E-state index in [9.17, 15) is 8.23 Å². The Balaban J connectivity index is 2.69. The number of carbonyl (C=O) groups is 1. The minimum absolute atomic E-state index is 0.433. The number of hydrogen-bond donors (Lipinski definition) is 0. The lowest BCUT2D eigenvalue weighted by molar-refractivity contribution is -1.26. The van der Waals surface area contributed by atoms with Gasteiger partial charge >= 0.3 is 28.0 Å². The van der Waals surface area contributed by atoms with Gasteiger partial charge in [0.15, 0.2) is 0 Å². The SMILES string of the molecule is O=C(O[I+][O-])c1ccccc1. The molecule has 0 aliphatic heterocycles. The molecule has 0 fully saturated rings. The summed E-state index contributed by atoms with van der Waals surface area (Å²) in [5.74, 6) is -0.520. The summed E-state index contributed by atoms with van der Waals surface area (Å²) < 4.78 is 14.3. The van der Waals surface area contributed by atoms with Crippen LogP contribution in [0.4, 0.5) is 0 Å². The molecule has 0 aliphatic rings. The molecule has 0 saturated carbocycles. The van der Waals surface area contributed by atoms with Crippen LogP contribution in [0.25, 0.3) is 0 Å². The molecule has 0 heterocycles. The van der Waals surface area contributed by atoms with E-state index in [1.54, 1.807) is 30.3 Å². The van der Waals surface area contributed by atoms with Crippen molar-refractivity contribution in [2.75, 3.05) is 0 Å². The molecule has 11 heavy (non-hydrogen) atoms. The maximum atomic E-state index is 10.8. The number of rotatable bonds is 2. The standard InChI is InChI=1S/C7H5IO3/c9-7(11-8-10)6-4-2-1-3-5-6/h1-5H. The molecule has 0 spiro atoms. The molecule has 0 unspecified atom stereocenters. The molecule has 0 N–H and O–H groups in total. The molecule has 1 aromatic carbocycles. The summed E-state index contributed by atoms with van der Waals surface area (Å²) in [4.78, 5) is 10.8. The summed E-state index contributed by atoms with van der Waals surface area (Å²) in [6, 6.07) is 8.46. The maximum Gasteiger partial charge on any atom is 0.518 e. The minimum atomic E-state index is -1.66. The zero-order chi connectivity index (χ0) is 8.10. The Morgan fingerprint density at radius 2 is 2.00 bits per heavy atom. The Bertz CT molecular complexity index is 235. The highest BCUT2D eigenvalue weighted by molar-refractivity contribution is 5.88. The van der Waals surface area contributed by atoms with Crippen LogP contribution >= 0.6 is 0 Å². The second-order valence-electron chi connectivity index (χ2n) is 1.79. The normalized spacial score (nSPS) is 9.18. The first-order valence-electron chi connectivity index (χ1n) is 2.88. The molecule has 1 aromatic rings. The van der Waals surface area contributed by atoms with Gasteiger partial charge in [-0.25, -0.2) is 7.86 Å². The van der Waals surface area contributed by atoms with Gasteiger partial charge in [-0.15, -0.1) is 0 Å². The van der Waals surface area contributed by atoms with Gasteiger partial charge in [-0.2, -0.15) is 0 Å². The third-order valence-corrected chi connectivity index (χ3v) is 1.69. The van der Waals surface area contributed by atoms with E-state index in [4.69, 9.17) is 0 Å². The van der Waals surface area contributed by atoms with Crippen LogP contribution in [0, 0.1) is 0 Å². The fourth-order valence-corrected chi connectivity index (χ4v) is 1.06. The predicted octanol–water partition coefficient (Wildman–Crippen LogP) is -2.88. The highest BCUT2D eigenvalue weighted by atomic mass is 127. The Labute approximate surface area is 75.4 Å². The Hall–Kier alpha value is -0.620. The van der Waals surface area contributed by atoms with Crippen molar-refractivity contribution in [2.45, 2.75) is 0 Å². The molecule has 1 rings (SSSR count). The summed E-state index contributed by atoms with van der Waals surface area (Å²) in [5, 5.41) is 0. The lowest BCUT2D eigenvalue weighted by Crippen LogP contribution is -3.70. The van der Waals surface area contributed by atoms with Crippen LogP contribution in [-0.4, -0.2) is 5.97 Å². The first-order chi connectivity index (χ1) is 5.34. The number of carbonyl (C=O) groups excluding carboxylic acids is 1. The van der Waals surface area contributed by atoms with Gasteiger partial charge in [0, 0.05) is 0 Å². The fraction of sp³-hybridized carbons (Fsp3) is 0. The lowest BCUT2D eigenvalue weighted by Gasteiger charge is -1.90. The molecule has 3 nitrogen and oxygen atoms in total. The summed E-state index contributed by atoms with van der Waals surface area (Å²) >= 11 is -1.66. The second kappa shape index (κ2) is 4.30. The van der Waals surface area contributed by atoms with E-state index in [2.05, 4.69) is 3.07 Å². The van der Waals surface area contributed by atoms with Gasteiger partial charge in [-0.3, -0.25) is 0 Å². The molecule has 58 valence electrons. The first-order valence-corrected chi connectivity index (χ1v) is 4.64. The minimum Gasteiger partial charge on any atom is -0.558 e. The third kappa shape index (κ3) is 2.47. The largest absolute Gasteiger partial charge is 0.558 e. The smallest absolute Gasteiger partial charge is 0.518 e. The second-order valence-corrected chi connectivity index (χ2v) is 2.59. The van der Waals surface area contributed by atoms with Gasteiger partial charge in [0.2, 0.25) is 0 Å². The van der Waals surface area contributed by atoms with Gasteiger partial charge in [0.25, 0.3) is 0 Å². The summed E-state index contributed by atoms with van der Waals surface area (Å²) in [6.07, 6.45) is 0. The lowest BCUT2D eigenvalue weighted by atomic mass is 10.2. The molecule has 0 saturated heterocycles. The third-order valence-electron chi connectivity index (χ3n) is 1.11. The Morgan fingerprint density at radius 1 is 1.36 bits per heavy atom. The molecule has 0 radical (unpaired) electrons. The number of benzene rings is 1. The van der Waals surface area contributed by atoms with Crippen molar-refractivity contribution >= 4 is 5.97 Å². The first kappa shape index (κ1) is 8.48. The van der Waals surface area contributed by atoms with Crippen molar-refractivity contribution in [3.05, 3.63) is 35.9 Å². The predicted molar refractivity (Wildman–Crippen MR) is 31.9 cm³/mol. The monoisotopic (exact) mass is 264 g/mol. The average molecular weight is 264 g/mol. The van der Waals surface area contributed by atoms with E-state index in [0.29, 0.717) is 5.56 Å². The average Bonchev–Trinajstić information content (AvgIpc) is 2.07. The van der Waals surface area contributed by atoms with Crippen LogP contribution in [0.15, 0.2) is 30.3 Å². The van der Waals surface area contributed by atoms with E-state index < -0.39 is 28.0 Å². The van der Waals surface area contributed by atoms with Crippen molar-refractivity contribution in [3.8, 4) is 0 Å². The molecule has 0 aromatic heterocycles. The molecule has 4 heteroatoms. The zero-order valence-corrected chi connectivity index (χ0v) is 7.65. The summed E-state index contributed by atoms with van der Waals surface area (Å²) in [6.45, 7) is 0. The van der Waals surface area contributed by atoms with Gasteiger partial charge in [-0.05, 0) is 12.1 Å². The molecule has 0 aliphatic carbocycles. The van der Waals surface area contributed by atoms with Crippen LogP contribution in [0.5, 0.6) is 0 Å². The van der Waals surface area contributed by atoms with Crippen molar-refractivity contribution in [3.63, 3.8) is 0 Å². The number of halogens is 1. The van der Waals surface area contributed by atoms with Crippen molar-refractivity contribution in [1.82, 2.24) is 0 Å². The van der Waals surface area contributed by atoms with Crippen LogP contribution in [0.1, 0.15) is 10.4 Å². The van der Waals surface area contributed by atoms with Crippen LogP contribution < -0.4 is 25.5 Å². The van der Waals surface area contributed by atoms with Gasteiger partial charge in [0.05, 0.1) is 5.56 Å². The summed E-state index contributed by atoms with van der Waals surface area (Å²) in [5.41, 5.74) is 0.433. The van der Waals surface area contributed by atoms with Crippen molar-refractivity contribution in [1.29, 1.82) is 0 Å². The summed E-state index contributed by atoms with van der Waals surface area (Å²) in [7, 11) is 0. The molecular weight excluding hydrogens is 259 g/mol. The molecule has 0 bridgehead atoms. The molecule has 0 amide bonds. The molecular formula is C7H5IO3. The van der Waals surface area contributed by atoms with Crippen molar-refractivity contribution in [2.24, 2.45) is 0 Å². The van der Waals surface area contributed by atoms with Crippen molar-refractivity contribution < 1.29 is 33.3 Å². The fourth-order valence-electron chi connectivity index (χ4n) is 0.647. The Morgan fingerprint density at radius 3 is 2.55 bits per heavy atom. The van der Waals surface area contributed by atoms with Gasteiger partial charge < -0.3 is 3.44 Å². The van der Waals surface area contributed by atoms with E-state index in [1.165, 1.54) is 0 Å². The van der Waals surface area contributed by atoms with Gasteiger partial charge in [0.1, 0.15) is 0 Å². The highest BCUT2D eigenvalue weighted by Gasteiger charge is 2.10. The molecule has 0 atom stereocenters. The van der Waals surface area contributed by atoms with Crippen LogP contribution in [0.3, 0.4) is 0 Å². The van der Waals surface area contributed by atoms with Crippen LogP contribution in [0.2, 0.25) is 0 Å². The zero-order valence-electron chi connectivity index (χ0n) is 5.49. The Kier molecular flexibility index (Phi) is 3.31.